The smallest absolute Gasteiger partial charge is 0.232 e. The second-order valence-corrected chi connectivity index (χ2v) is 9.74. The number of carbonyl (C=O) groups excluding carboxylic acids is 1. The van der Waals surface area contributed by atoms with Gasteiger partial charge >= 0.3 is 0 Å². The Balaban J connectivity index is 1.61. The highest BCUT2D eigenvalue weighted by Crippen LogP contribution is 2.39. The molecule has 1 saturated heterocycles. The maximum Gasteiger partial charge on any atom is 0.232 e. The fraction of sp³-hybridized carbons (Fsp3) is 0.611. The van der Waals surface area contributed by atoms with Crippen LogP contribution in [-0.2, 0) is 17.8 Å². The fourth-order valence-corrected chi connectivity index (χ4v) is 6.43. The van der Waals surface area contributed by atoms with Crippen LogP contribution >= 0.6 is 34.9 Å². The molecule has 1 amide bonds. The summed E-state index contributed by atoms with van der Waals surface area (Å²) in [4.78, 5) is 29.0. The highest BCUT2D eigenvalue weighted by atomic mass is 32.2. The van der Waals surface area contributed by atoms with Crippen LogP contribution in [0, 0.1) is 0 Å². The molecule has 2 aromatic rings. The Morgan fingerprint density at radius 3 is 2.77 bits per heavy atom. The Morgan fingerprint density at radius 1 is 1.19 bits per heavy atom. The van der Waals surface area contributed by atoms with Crippen molar-refractivity contribution in [2.45, 2.75) is 42.4 Å². The van der Waals surface area contributed by atoms with Crippen LogP contribution in [0.1, 0.15) is 29.7 Å². The van der Waals surface area contributed by atoms with Gasteiger partial charge in [0.1, 0.15) is 9.86 Å². The van der Waals surface area contributed by atoms with Gasteiger partial charge in [-0.05, 0) is 44.6 Å². The summed E-state index contributed by atoms with van der Waals surface area (Å²) < 4.78 is 0. The molecule has 0 aliphatic carbocycles. The molecule has 0 spiro atoms. The Hall–Kier alpha value is -0.830. The molecular formula is C18H24N4OS3. The highest BCUT2D eigenvalue weighted by molar-refractivity contribution is 8.00. The molecule has 140 valence electrons. The quantitative estimate of drug-likeness (QED) is 0.438. The largest absolute Gasteiger partial charge is 0.342 e. The maximum atomic E-state index is 12.6. The van der Waals surface area contributed by atoms with Crippen molar-refractivity contribution in [1.29, 1.82) is 0 Å². The SMILES string of the molecule is CSc1nc(SCC(=O)N2CCCCC2)c2c3c(sc2n1)CN(C)CC3. The van der Waals surface area contributed by atoms with Crippen LogP contribution in [0.2, 0.25) is 0 Å². The normalized spacial score (nSPS) is 18.3. The van der Waals surface area contributed by atoms with Crippen molar-refractivity contribution in [2.24, 2.45) is 0 Å². The molecule has 5 nitrogen and oxygen atoms in total. The standard InChI is InChI=1S/C18H24N4OS3/c1-21-9-6-12-13(10-21)26-17-15(12)16(19-18(20-17)24-2)25-11-14(23)22-7-4-3-5-8-22/h3-11H2,1-2H3. The molecule has 2 aliphatic rings. The van der Waals surface area contributed by atoms with Gasteiger partial charge in [0, 0.05) is 36.4 Å². The second kappa shape index (κ2) is 8.04. The number of rotatable bonds is 4. The van der Waals surface area contributed by atoms with Crippen molar-refractivity contribution in [3.63, 3.8) is 0 Å². The number of likely N-dealkylation sites (N-methyl/N-ethyl adjacent to an activating group) is 1. The fourth-order valence-electron chi connectivity index (χ4n) is 3.63. The molecule has 8 heteroatoms. The summed E-state index contributed by atoms with van der Waals surface area (Å²) in [6.45, 7) is 3.88. The van der Waals surface area contributed by atoms with Gasteiger partial charge in [-0.15, -0.1) is 11.3 Å². The van der Waals surface area contributed by atoms with Gasteiger partial charge in [0.15, 0.2) is 5.16 Å². The van der Waals surface area contributed by atoms with E-state index in [1.54, 1.807) is 34.9 Å². The van der Waals surface area contributed by atoms with Crippen LogP contribution < -0.4 is 0 Å². The zero-order chi connectivity index (χ0) is 18.1. The molecule has 0 N–H and O–H groups in total. The van der Waals surface area contributed by atoms with Gasteiger partial charge in [0.05, 0.1) is 5.75 Å². The summed E-state index contributed by atoms with van der Waals surface area (Å²) in [5, 5.41) is 3.00. The van der Waals surface area contributed by atoms with Crippen molar-refractivity contribution in [2.75, 3.05) is 38.7 Å². The second-order valence-electron chi connectivity index (χ2n) is 6.92. The molecule has 4 rings (SSSR count). The summed E-state index contributed by atoms with van der Waals surface area (Å²) in [6.07, 6.45) is 6.57. The molecule has 2 aromatic heterocycles. The van der Waals surface area contributed by atoms with Crippen molar-refractivity contribution in [3.05, 3.63) is 10.4 Å². The number of fused-ring (bicyclic) bond motifs is 3. The van der Waals surface area contributed by atoms with Gasteiger partial charge in [0.2, 0.25) is 5.91 Å². The van der Waals surface area contributed by atoms with Crippen LogP contribution in [0.25, 0.3) is 10.2 Å². The average Bonchev–Trinajstić information content (AvgIpc) is 3.03. The van der Waals surface area contributed by atoms with E-state index < -0.39 is 0 Å². The van der Waals surface area contributed by atoms with E-state index in [1.807, 2.05) is 11.2 Å². The Bertz CT molecular complexity index is 816. The predicted octanol–water partition coefficient (Wildman–Crippen LogP) is 3.51. The van der Waals surface area contributed by atoms with E-state index in [4.69, 9.17) is 9.97 Å². The van der Waals surface area contributed by atoms with E-state index in [0.717, 1.165) is 60.5 Å². The van der Waals surface area contributed by atoms with Gasteiger partial charge in [0.25, 0.3) is 0 Å². The summed E-state index contributed by atoms with van der Waals surface area (Å²) >= 11 is 4.96. The molecule has 2 aliphatic heterocycles. The Kier molecular flexibility index (Phi) is 5.73. The number of nitrogens with zero attached hydrogens (tertiary/aromatic N) is 4. The number of thiophene rings is 1. The zero-order valence-electron chi connectivity index (χ0n) is 15.3. The first-order valence-corrected chi connectivity index (χ1v) is 12.1. The number of carbonyl (C=O) groups is 1. The van der Waals surface area contributed by atoms with Gasteiger partial charge in [-0.1, -0.05) is 23.5 Å². The minimum Gasteiger partial charge on any atom is -0.342 e. The molecule has 0 saturated carbocycles. The van der Waals surface area contributed by atoms with Gasteiger partial charge in [-0.2, -0.15) is 0 Å². The number of thioether (sulfide) groups is 2. The first-order chi connectivity index (χ1) is 12.7. The van der Waals surface area contributed by atoms with E-state index in [2.05, 4.69) is 11.9 Å². The van der Waals surface area contributed by atoms with E-state index >= 15 is 0 Å². The van der Waals surface area contributed by atoms with Crippen molar-refractivity contribution in [1.82, 2.24) is 19.8 Å². The molecule has 0 bridgehead atoms. The lowest BCUT2D eigenvalue weighted by Gasteiger charge is -2.26. The third kappa shape index (κ3) is 3.74. The first kappa shape index (κ1) is 18.5. The van der Waals surface area contributed by atoms with Crippen LogP contribution in [0.3, 0.4) is 0 Å². The van der Waals surface area contributed by atoms with Crippen LogP contribution in [0.4, 0.5) is 0 Å². The highest BCUT2D eigenvalue weighted by Gasteiger charge is 2.24. The zero-order valence-corrected chi connectivity index (χ0v) is 17.7. The lowest BCUT2D eigenvalue weighted by atomic mass is 10.1. The average molecular weight is 409 g/mol. The van der Waals surface area contributed by atoms with E-state index in [0.29, 0.717) is 5.75 Å². The molecule has 1 fully saturated rings. The number of hydrogen-bond acceptors (Lipinski definition) is 7. The summed E-state index contributed by atoms with van der Waals surface area (Å²) in [7, 11) is 2.17. The molecule has 0 atom stereocenters. The number of likely N-dealkylation sites (tertiary alicyclic amines) is 1. The van der Waals surface area contributed by atoms with Gasteiger partial charge in [-0.3, -0.25) is 4.79 Å². The molecule has 26 heavy (non-hydrogen) atoms. The van der Waals surface area contributed by atoms with Crippen molar-refractivity contribution >= 4 is 51.0 Å². The van der Waals surface area contributed by atoms with Gasteiger partial charge < -0.3 is 9.80 Å². The van der Waals surface area contributed by atoms with Crippen molar-refractivity contribution < 1.29 is 4.79 Å². The predicted molar refractivity (Wildman–Crippen MR) is 110 cm³/mol. The Morgan fingerprint density at radius 2 is 2.00 bits per heavy atom. The van der Waals surface area contributed by atoms with Crippen molar-refractivity contribution in [3.8, 4) is 0 Å². The lowest BCUT2D eigenvalue weighted by Crippen LogP contribution is -2.36. The maximum absolute atomic E-state index is 12.6. The van der Waals surface area contributed by atoms with Gasteiger partial charge in [-0.25, -0.2) is 9.97 Å². The minimum absolute atomic E-state index is 0.246. The molecule has 0 radical (unpaired) electrons. The van der Waals surface area contributed by atoms with Crippen LogP contribution in [0.15, 0.2) is 10.2 Å². The van der Waals surface area contributed by atoms with E-state index in [1.165, 1.54) is 22.2 Å². The molecular weight excluding hydrogens is 384 g/mol. The lowest BCUT2D eigenvalue weighted by molar-refractivity contribution is -0.129. The molecule has 0 unspecified atom stereocenters. The molecule has 4 heterocycles. The number of aromatic nitrogens is 2. The minimum atomic E-state index is 0.246. The van der Waals surface area contributed by atoms with E-state index in [-0.39, 0.29) is 5.91 Å². The topological polar surface area (TPSA) is 49.3 Å². The third-order valence-corrected chi connectivity index (χ3v) is 7.68. The van der Waals surface area contributed by atoms with E-state index in [9.17, 15) is 4.79 Å². The first-order valence-electron chi connectivity index (χ1n) is 9.11. The van der Waals surface area contributed by atoms with Crippen LogP contribution in [0.5, 0.6) is 0 Å². The summed E-state index contributed by atoms with van der Waals surface area (Å²) in [5.74, 6) is 0.723. The molecule has 0 aromatic carbocycles. The summed E-state index contributed by atoms with van der Waals surface area (Å²) in [5.41, 5.74) is 1.41. The number of amides is 1. The number of hydrogen-bond donors (Lipinski definition) is 0. The Labute approximate surface area is 166 Å². The monoisotopic (exact) mass is 408 g/mol. The third-order valence-electron chi connectivity index (χ3n) is 5.06. The summed E-state index contributed by atoms with van der Waals surface area (Å²) in [6, 6.07) is 0. The number of piperidine rings is 1. The van der Waals surface area contributed by atoms with Crippen LogP contribution in [-0.4, -0.2) is 64.4 Å².